The van der Waals surface area contributed by atoms with Crippen LogP contribution in [0.4, 0.5) is 0 Å². The Bertz CT molecular complexity index is 613. The van der Waals surface area contributed by atoms with Crippen molar-refractivity contribution in [3.05, 3.63) is 44.3 Å². The molecule has 98 valence electrons. The van der Waals surface area contributed by atoms with E-state index in [1.54, 1.807) is 11.7 Å². The third kappa shape index (κ3) is 2.64. The number of rotatable bonds is 3. The lowest BCUT2D eigenvalue weighted by Crippen LogP contribution is -2.22. The van der Waals surface area contributed by atoms with Crippen LogP contribution in [0.15, 0.2) is 28.3 Å². The Labute approximate surface area is 122 Å². The number of ether oxygens (including phenoxy) is 1. The molecule has 0 bridgehead atoms. The van der Waals surface area contributed by atoms with Gasteiger partial charge in [0.05, 0.1) is 18.3 Å². The van der Waals surface area contributed by atoms with Gasteiger partial charge in [-0.05, 0) is 17.7 Å². The van der Waals surface area contributed by atoms with Gasteiger partial charge < -0.3 is 10.1 Å². The maximum atomic E-state index is 11.9. The Morgan fingerprint density at radius 1 is 1.53 bits per heavy atom. The predicted octanol–water partition coefficient (Wildman–Crippen LogP) is 2.77. The first-order valence-corrected chi connectivity index (χ1v) is 7.52. The average molecular weight is 339 g/mol. The third-order valence-electron chi connectivity index (χ3n) is 2.92. The van der Waals surface area contributed by atoms with E-state index in [-0.39, 0.29) is 5.91 Å². The molecule has 1 aromatic heterocycles. The van der Waals surface area contributed by atoms with Crippen LogP contribution in [0.25, 0.3) is 0 Å². The molecule has 6 heteroatoms. The van der Waals surface area contributed by atoms with Crippen LogP contribution in [0.3, 0.4) is 0 Å². The SMILES string of the molecule is O=C(NCc1cc(Br)cc2c1OCC2)c1cncs1. The van der Waals surface area contributed by atoms with Crippen molar-refractivity contribution in [2.75, 3.05) is 6.61 Å². The van der Waals surface area contributed by atoms with Crippen LogP contribution in [-0.4, -0.2) is 17.5 Å². The zero-order chi connectivity index (χ0) is 13.2. The number of nitrogens with one attached hydrogen (secondary N) is 1. The Hall–Kier alpha value is -1.40. The quantitative estimate of drug-likeness (QED) is 0.936. The van der Waals surface area contributed by atoms with E-state index in [1.165, 1.54) is 16.9 Å². The second-order valence-corrected chi connectivity index (χ2v) is 6.00. The van der Waals surface area contributed by atoms with Crippen LogP contribution in [-0.2, 0) is 13.0 Å². The first-order chi connectivity index (χ1) is 9.24. The minimum Gasteiger partial charge on any atom is -0.493 e. The molecular weight excluding hydrogens is 328 g/mol. The highest BCUT2D eigenvalue weighted by molar-refractivity contribution is 9.10. The fourth-order valence-electron chi connectivity index (χ4n) is 2.07. The highest BCUT2D eigenvalue weighted by atomic mass is 79.9. The molecule has 0 aliphatic carbocycles. The molecule has 0 saturated carbocycles. The molecule has 2 heterocycles. The topological polar surface area (TPSA) is 51.2 Å². The number of hydrogen-bond acceptors (Lipinski definition) is 4. The molecule has 0 unspecified atom stereocenters. The van der Waals surface area contributed by atoms with E-state index < -0.39 is 0 Å². The molecule has 19 heavy (non-hydrogen) atoms. The van der Waals surface area contributed by atoms with Gasteiger partial charge in [-0.25, -0.2) is 0 Å². The second-order valence-electron chi connectivity index (χ2n) is 4.20. The molecule has 1 aromatic carbocycles. The summed E-state index contributed by atoms with van der Waals surface area (Å²) >= 11 is 4.82. The highest BCUT2D eigenvalue weighted by Gasteiger charge is 2.18. The van der Waals surface area contributed by atoms with Gasteiger partial charge in [0, 0.05) is 23.0 Å². The summed E-state index contributed by atoms with van der Waals surface area (Å²) in [6.07, 6.45) is 2.49. The van der Waals surface area contributed by atoms with E-state index in [9.17, 15) is 4.79 Å². The van der Waals surface area contributed by atoms with E-state index >= 15 is 0 Å². The molecular formula is C13H11BrN2O2S. The van der Waals surface area contributed by atoms with Gasteiger partial charge in [0.1, 0.15) is 10.6 Å². The number of halogens is 1. The van der Waals surface area contributed by atoms with E-state index in [0.717, 1.165) is 22.2 Å². The summed E-state index contributed by atoms with van der Waals surface area (Å²) in [5.74, 6) is 0.807. The molecule has 4 nitrogen and oxygen atoms in total. The Balaban J connectivity index is 1.76. The van der Waals surface area contributed by atoms with Crippen LogP contribution in [0.1, 0.15) is 20.8 Å². The molecule has 1 aliphatic heterocycles. The summed E-state index contributed by atoms with van der Waals surface area (Å²) in [6, 6.07) is 4.05. The van der Waals surface area contributed by atoms with Crippen LogP contribution in [0.2, 0.25) is 0 Å². The Morgan fingerprint density at radius 2 is 2.42 bits per heavy atom. The van der Waals surface area contributed by atoms with Gasteiger partial charge in [-0.1, -0.05) is 15.9 Å². The molecule has 1 aliphatic rings. The zero-order valence-corrected chi connectivity index (χ0v) is 12.4. The van der Waals surface area contributed by atoms with Crippen molar-refractivity contribution in [2.24, 2.45) is 0 Å². The summed E-state index contributed by atoms with van der Waals surface area (Å²) in [7, 11) is 0. The molecule has 0 spiro atoms. The molecule has 1 amide bonds. The lowest BCUT2D eigenvalue weighted by Gasteiger charge is -2.09. The van der Waals surface area contributed by atoms with Crippen molar-refractivity contribution < 1.29 is 9.53 Å². The van der Waals surface area contributed by atoms with E-state index in [0.29, 0.717) is 18.0 Å². The van der Waals surface area contributed by atoms with Crippen molar-refractivity contribution in [3.8, 4) is 5.75 Å². The van der Waals surface area contributed by atoms with Gasteiger partial charge in [0.25, 0.3) is 5.91 Å². The zero-order valence-electron chi connectivity index (χ0n) is 9.98. The predicted molar refractivity (Wildman–Crippen MR) is 76.6 cm³/mol. The minimum absolute atomic E-state index is 0.103. The monoisotopic (exact) mass is 338 g/mol. The first-order valence-electron chi connectivity index (χ1n) is 5.85. The largest absolute Gasteiger partial charge is 0.493 e. The number of fused-ring (bicyclic) bond motifs is 1. The summed E-state index contributed by atoms with van der Waals surface area (Å²) in [6.45, 7) is 1.17. The van der Waals surface area contributed by atoms with Crippen molar-refractivity contribution >= 4 is 33.2 Å². The van der Waals surface area contributed by atoms with Crippen LogP contribution < -0.4 is 10.1 Å². The molecule has 1 N–H and O–H groups in total. The molecule has 2 aromatic rings. The number of hydrogen-bond donors (Lipinski definition) is 1. The van der Waals surface area contributed by atoms with Crippen LogP contribution in [0, 0.1) is 0 Å². The maximum absolute atomic E-state index is 11.9. The maximum Gasteiger partial charge on any atom is 0.263 e. The summed E-state index contributed by atoms with van der Waals surface area (Å²) in [5, 5.41) is 2.89. The lowest BCUT2D eigenvalue weighted by molar-refractivity contribution is 0.0954. The van der Waals surface area contributed by atoms with Gasteiger partial charge in [-0.2, -0.15) is 0 Å². The fourth-order valence-corrected chi connectivity index (χ4v) is 3.16. The van der Waals surface area contributed by atoms with E-state index in [1.807, 2.05) is 6.07 Å². The normalized spacial score (nSPS) is 12.9. The Morgan fingerprint density at radius 3 is 3.21 bits per heavy atom. The van der Waals surface area contributed by atoms with Gasteiger partial charge in [-0.3, -0.25) is 9.78 Å². The van der Waals surface area contributed by atoms with Crippen molar-refractivity contribution in [3.63, 3.8) is 0 Å². The fraction of sp³-hybridized carbons (Fsp3) is 0.231. The van der Waals surface area contributed by atoms with E-state index in [2.05, 4.69) is 32.3 Å². The average Bonchev–Trinajstić information content (AvgIpc) is 3.05. The molecule has 0 saturated heterocycles. The van der Waals surface area contributed by atoms with Crippen LogP contribution in [0.5, 0.6) is 5.75 Å². The number of aromatic nitrogens is 1. The number of nitrogens with zero attached hydrogens (tertiary/aromatic N) is 1. The standard InChI is InChI=1S/C13H11BrN2O2S/c14-10-3-8-1-2-18-12(8)9(4-10)5-16-13(17)11-6-15-7-19-11/h3-4,6-7H,1-2,5H2,(H,16,17). The number of carbonyl (C=O) groups excluding carboxylic acids is 1. The van der Waals surface area contributed by atoms with Crippen molar-refractivity contribution in [1.29, 1.82) is 0 Å². The van der Waals surface area contributed by atoms with Crippen molar-refractivity contribution in [1.82, 2.24) is 10.3 Å². The second kappa shape index (κ2) is 5.30. The molecule has 0 radical (unpaired) electrons. The molecule has 0 atom stereocenters. The smallest absolute Gasteiger partial charge is 0.263 e. The third-order valence-corrected chi connectivity index (χ3v) is 4.15. The summed E-state index contributed by atoms with van der Waals surface area (Å²) in [5.41, 5.74) is 3.84. The summed E-state index contributed by atoms with van der Waals surface area (Å²) < 4.78 is 6.64. The number of carbonyl (C=O) groups is 1. The van der Waals surface area contributed by atoms with Gasteiger partial charge in [-0.15, -0.1) is 11.3 Å². The highest BCUT2D eigenvalue weighted by Crippen LogP contribution is 2.32. The number of benzene rings is 1. The van der Waals surface area contributed by atoms with Gasteiger partial charge in [0.15, 0.2) is 0 Å². The first kappa shape index (κ1) is 12.6. The summed E-state index contributed by atoms with van der Waals surface area (Å²) in [4.78, 5) is 16.4. The molecule has 3 rings (SSSR count). The van der Waals surface area contributed by atoms with Gasteiger partial charge >= 0.3 is 0 Å². The minimum atomic E-state index is -0.103. The number of amides is 1. The van der Waals surface area contributed by atoms with Crippen LogP contribution >= 0.6 is 27.3 Å². The lowest BCUT2D eigenvalue weighted by atomic mass is 10.1. The Kier molecular flexibility index (Phi) is 3.52. The van der Waals surface area contributed by atoms with E-state index in [4.69, 9.17) is 4.74 Å². The molecule has 0 fully saturated rings. The number of thiazole rings is 1. The van der Waals surface area contributed by atoms with Crippen molar-refractivity contribution in [2.45, 2.75) is 13.0 Å². The van der Waals surface area contributed by atoms with Gasteiger partial charge in [0.2, 0.25) is 0 Å².